The van der Waals surface area contributed by atoms with Gasteiger partial charge in [0, 0.05) is 30.2 Å². The normalized spacial score (nSPS) is 10.7. The SMILES string of the molecule is C=CCN(CC=C)C(=O)Cn1cc(CCCCC)c(=O)c2c(C)cccc21. The summed E-state index contributed by atoms with van der Waals surface area (Å²) in [7, 11) is 0. The molecule has 1 aromatic heterocycles. The standard InChI is InChI=1S/C23H30N2O2/c1-5-8-9-12-19-16-25(17-21(26)24(14-6-2)15-7-3)20-13-10-11-18(4)22(20)23(19)27/h6-7,10-11,13,16H,2-3,5,8-9,12,14-15,17H2,1,4H3. The van der Waals surface area contributed by atoms with Crippen LogP contribution in [0.1, 0.15) is 37.3 Å². The second kappa shape index (κ2) is 9.91. The van der Waals surface area contributed by atoms with Gasteiger partial charge in [0.15, 0.2) is 5.43 Å². The number of benzene rings is 1. The first kappa shape index (κ1) is 20.7. The summed E-state index contributed by atoms with van der Waals surface area (Å²) in [5.41, 5.74) is 2.64. The van der Waals surface area contributed by atoms with Crippen molar-refractivity contribution in [1.29, 1.82) is 0 Å². The molecule has 4 nitrogen and oxygen atoms in total. The molecule has 2 rings (SSSR count). The molecule has 0 bridgehead atoms. The highest BCUT2D eigenvalue weighted by Gasteiger charge is 2.16. The number of aromatic nitrogens is 1. The topological polar surface area (TPSA) is 42.3 Å². The van der Waals surface area contributed by atoms with Crippen LogP contribution in [0, 0.1) is 6.92 Å². The van der Waals surface area contributed by atoms with E-state index >= 15 is 0 Å². The summed E-state index contributed by atoms with van der Waals surface area (Å²) in [5.74, 6) is -0.0132. The quantitative estimate of drug-likeness (QED) is 0.466. The van der Waals surface area contributed by atoms with Gasteiger partial charge < -0.3 is 9.47 Å². The predicted molar refractivity (Wildman–Crippen MR) is 113 cm³/mol. The first-order valence-electron chi connectivity index (χ1n) is 9.64. The molecule has 0 atom stereocenters. The lowest BCUT2D eigenvalue weighted by molar-refractivity contribution is -0.130. The molecule has 0 unspecified atom stereocenters. The molecule has 0 N–H and O–H groups in total. The van der Waals surface area contributed by atoms with Crippen molar-refractivity contribution in [1.82, 2.24) is 9.47 Å². The van der Waals surface area contributed by atoms with Gasteiger partial charge in [-0.3, -0.25) is 9.59 Å². The van der Waals surface area contributed by atoms with Gasteiger partial charge in [0.25, 0.3) is 0 Å². The van der Waals surface area contributed by atoms with E-state index in [9.17, 15) is 9.59 Å². The third kappa shape index (κ3) is 4.97. The maximum Gasteiger partial charge on any atom is 0.243 e. The lowest BCUT2D eigenvalue weighted by Gasteiger charge is -2.21. The molecule has 4 heteroatoms. The number of pyridine rings is 1. The smallest absolute Gasteiger partial charge is 0.243 e. The zero-order valence-corrected chi connectivity index (χ0v) is 16.5. The average molecular weight is 367 g/mol. The summed E-state index contributed by atoms with van der Waals surface area (Å²) in [4.78, 5) is 27.5. The molecule has 0 radical (unpaired) electrons. The number of hydrogen-bond acceptors (Lipinski definition) is 2. The maximum atomic E-state index is 13.0. The van der Waals surface area contributed by atoms with Gasteiger partial charge in [0.05, 0.1) is 5.52 Å². The third-order valence-electron chi connectivity index (χ3n) is 4.80. The van der Waals surface area contributed by atoms with Crippen molar-refractivity contribution in [3.8, 4) is 0 Å². The van der Waals surface area contributed by atoms with Crippen molar-refractivity contribution in [2.75, 3.05) is 13.1 Å². The minimum Gasteiger partial charge on any atom is -0.338 e. The van der Waals surface area contributed by atoms with Crippen LogP contribution in [0.4, 0.5) is 0 Å². The molecule has 0 fully saturated rings. The summed E-state index contributed by atoms with van der Waals surface area (Å²) in [6.45, 7) is 12.7. The van der Waals surface area contributed by atoms with Crippen LogP contribution < -0.4 is 5.43 Å². The highest BCUT2D eigenvalue weighted by atomic mass is 16.2. The predicted octanol–water partition coefficient (Wildman–Crippen LogP) is 4.24. The number of aryl methyl sites for hydroxylation is 2. The van der Waals surface area contributed by atoms with Crippen molar-refractivity contribution in [2.45, 2.75) is 46.1 Å². The van der Waals surface area contributed by atoms with Gasteiger partial charge in [-0.05, 0) is 31.4 Å². The summed E-state index contributed by atoms with van der Waals surface area (Å²) in [6.07, 6.45) is 9.23. The van der Waals surface area contributed by atoms with Crippen LogP contribution in [0.5, 0.6) is 0 Å². The Morgan fingerprint density at radius 1 is 1.19 bits per heavy atom. The first-order valence-corrected chi connectivity index (χ1v) is 9.64. The van der Waals surface area contributed by atoms with E-state index in [-0.39, 0.29) is 17.9 Å². The minimum absolute atomic E-state index is 0.0132. The van der Waals surface area contributed by atoms with E-state index in [2.05, 4.69) is 20.1 Å². The number of fused-ring (bicyclic) bond motifs is 1. The van der Waals surface area contributed by atoms with Crippen LogP contribution in [-0.4, -0.2) is 28.5 Å². The Kier molecular flexibility index (Phi) is 7.59. The molecule has 0 aliphatic carbocycles. The molecule has 0 aliphatic rings. The number of amides is 1. The Labute approximate surface area is 161 Å². The fraction of sp³-hybridized carbons (Fsp3) is 0.391. The zero-order valence-electron chi connectivity index (χ0n) is 16.5. The maximum absolute atomic E-state index is 13.0. The lowest BCUT2D eigenvalue weighted by Crippen LogP contribution is -2.34. The van der Waals surface area contributed by atoms with E-state index in [1.165, 1.54) is 0 Å². The van der Waals surface area contributed by atoms with E-state index < -0.39 is 0 Å². The second-order valence-corrected chi connectivity index (χ2v) is 6.91. The van der Waals surface area contributed by atoms with Gasteiger partial charge in [0.1, 0.15) is 6.54 Å². The van der Waals surface area contributed by atoms with Crippen molar-refractivity contribution >= 4 is 16.8 Å². The van der Waals surface area contributed by atoms with E-state index in [0.29, 0.717) is 13.1 Å². The fourth-order valence-corrected chi connectivity index (χ4v) is 3.37. The third-order valence-corrected chi connectivity index (χ3v) is 4.80. The van der Waals surface area contributed by atoms with Crippen LogP contribution in [0.3, 0.4) is 0 Å². The van der Waals surface area contributed by atoms with E-state index in [1.54, 1.807) is 17.1 Å². The van der Waals surface area contributed by atoms with Crippen LogP contribution in [-0.2, 0) is 17.8 Å². The molecule has 1 amide bonds. The van der Waals surface area contributed by atoms with Crippen LogP contribution >= 0.6 is 0 Å². The number of nitrogens with zero attached hydrogens (tertiary/aromatic N) is 2. The Hall–Kier alpha value is -2.62. The van der Waals surface area contributed by atoms with Crippen LogP contribution in [0.25, 0.3) is 10.9 Å². The molecule has 144 valence electrons. The van der Waals surface area contributed by atoms with Crippen LogP contribution in [0.2, 0.25) is 0 Å². The van der Waals surface area contributed by atoms with E-state index in [4.69, 9.17) is 0 Å². The summed E-state index contributed by atoms with van der Waals surface area (Å²) < 4.78 is 1.92. The summed E-state index contributed by atoms with van der Waals surface area (Å²) in [6, 6.07) is 5.80. The first-order chi connectivity index (χ1) is 13.0. The number of carbonyl (C=O) groups excluding carboxylic acids is 1. The highest BCUT2D eigenvalue weighted by Crippen LogP contribution is 2.17. The molecule has 1 aromatic carbocycles. The minimum atomic E-state index is -0.0132. The number of unbranched alkanes of at least 4 members (excludes halogenated alkanes) is 2. The number of rotatable bonds is 10. The van der Waals surface area contributed by atoms with Gasteiger partial charge >= 0.3 is 0 Å². The Morgan fingerprint density at radius 2 is 1.89 bits per heavy atom. The summed E-state index contributed by atoms with van der Waals surface area (Å²) in [5, 5.41) is 0.721. The van der Waals surface area contributed by atoms with Crippen LogP contribution in [0.15, 0.2) is 54.5 Å². The number of carbonyl (C=O) groups is 1. The molecular formula is C23H30N2O2. The van der Waals surface area contributed by atoms with Gasteiger partial charge in [-0.25, -0.2) is 0 Å². The zero-order chi connectivity index (χ0) is 19.8. The van der Waals surface area contributed by atoms with Crippen molar-refractivity contribution in [3.05, 3.63) is 71.1 Å². The molecule has 0 saturated carbocycles. The average Bonchev–Trinajstić information content (AvgIpc) is 2.65. The molecule has 0 aliphatic heterocycles. The molecule has 1 heterocycles. The molecule has 0 spiro atoms. The largest absolute Gasteiger partial charge is 0.338 e. The van der Waals surface area contributed by atoms with Crippen molar-refractivity contribution in [2.24, 2.45) is 0 Å². The monoisotopic (exact) mass is 366 g/mol. The molecular weight excluding hydrogens is 336 g/mol. The fourth-order valence-electron chi connectivity index (χ4n) is 3.37. The molecule has 2 aromatic rings. The molecule has 27 heavy (non-hydrogen) atoms. The van der Waals surface area contributed by atoms with Gasteiger partial charge in [-0.1, -0.05) is 44.1 Å². The van der Waals surface area contributed by atoms with Crippen molar-refractivity contribution in [3.63, 3.8) is 0 Å². The Bertz CT molecular complexity index is 870. The lowest BCUT2D eigenvalue weighted by atomic mass is 10.0. The van der Waals surface area contributed by atoms with E-state index in [1.807, 2.05) is 35.9 Å². The Balaban J connectivity index is 2.47. The number of hydrogen-bond donors (Lipinski definition) is 0. The summed E-state index contributed by atoms with van der Waals surface area (Å²) >= 11 is 0. The van der Waals surface area contributed by atoms with E-state index in [0.717, 1.165) is 47.7 Å². The van der Waals surface area contributed by atoms with Crippen molar-refractivity contribution < 1.29 is 4.79 Å². The van der Waals surface area contributed by atoms with Gasteiger partial charge in [-0.2, -0.15) is 0 Å². The molecule has 0 saturated heterocycles. The highest BCUT2D eigenvalue weighted by molar-refractivity contribution is 5.85. The van der Waals surface area contributed by atoms with Gasteiger partial charge in [0.2, 0.25) is 5.91 Å². The Morgan fingerprint density at radius 3 is 2.52 bits per heavy atom. The second-order valence-electron chi connectivity index (χ2n) is 6.91. The van der Waals surface area contributed by atoms with Gasteiger partial charge in [-0.15, -0.1) is 13.2 Å².